The second-order valence-corrected chi connectivity index (χ2v) is 3.93. The Balaban J connectivity index is 2.39. The summed E-state index contributed by atoms with van der Waals surface area (Å²) in [5.74, 6) is -0.0973. The minimum atomic E-state index is -1.01. The fourth-order valence-electron chi connectivity index (χ4n) is 1.61. The van der Waals surface area contributed by atoms with Crippen LogP contribution in [-0.4, -0.2) is 11.1 Å². The monoisotopic (exact) mass is 243 g/mol. The minimum Gasteiger partial charge on any atom is -0.478 e. The molecule has 0 aromatic heterocycles. The molecule has 18 heavy (non-hydrogen) atoms. The number of benzene rings is 2. The molecule has 2 rings (SSSR count). The molecule has 0 heterocycles. The molecule has 92 valence electrons. The SMILES string of the molecule is Cc1cccc(C(=O)O)c1Oc1ccc(N)cc1. The number of carbonyl (C=O) groups is 1. The molecule has 0 aliphatic heterocycles. The first kappa shape index (κ1) is 12.0. The molecule has 4 heteroatoms. The molecule has 0 atom stereocenters. The van der Waals surface area contributed by atoms with Crippen molar-refractivity contribution in [3.05, 3.63) is 53.6 Å². The van der Waals surface area contributed by atoms with Crippen LogP contribution < -0.4 is 10.5 Å². The van der Waals surface area contributed by atoms with Crippen molar-refractivity contribution in [2.75, 3.05) is 5.73 Å². The lowest BCUT2D eigenvalue weighted by atomic mass is 10.1. The highest BCUT2D eigenvalue weighted by molar-refractivity contribution is 5.91. The molecular weight excluding hydrogens is 230 g/mol. The number of aryl methyl sites for hydroxylation is 1. The Morgan fingerprint density at radius 1 is 1.17 bits per heavy atom. The summed E-state index contributed by atoms with van der Waals surface area (Å²) in [6, 6.07) is 11.8. The maximum absolute atomic E-state index is 11.1. The number of hydrogen-bond acceptors (Lipinski definition) is 3. The number of carboxylic acids is 1. The second kappa shape index (κ2) is 4.79. The average molecular weight is 243 g/mol. The molecule has 0 fully saturated rings. The van der Waals surface area contributed by atoms with Crippen molar-refractivity contribution in [2.45, 2.75) is 6.92 Å². The molecular formula is C14H13NO3. The summed E-state index contributed by atoms with van der Waals surface area (Å²) in [6.07, 6.45) is 0. The van der Waals surface area contributed by atoms with E-state index in [1.165, 1.54) is 6.07 Å². The molecule has 2 aromatic carbocycles. The van der Waals surface area contributed by atoms with E-state index in [0.29, 0.717) is 17.2 Å². The van der Waals surface area contributed by atoms with Gasteiger partial charge >= 0.3 is 5.97 Å². The van der Waals surface area contributed by atoms with Crippen LogP contribution in [0.2, 0.25) is 0 Å². The highest BCUT2D eigenvalue weighted by Gasteiger charge is 2.13. The summed E-state index contributed by atoms with van der Waals surface area (Å²) in [5.41, 5.74) is 7.12. The van der Waals surface area contributed by atoms with Crippen molar-refractivity contribution in [2.24, 2.45) is 0 Å². The van der Waals surface area contributed by atoms with Gasteiger partial charge in [0.25, 0.3) is 0 Å². The highest BCUT2D eigenvalue weighted by Crippen LogP contribution is 2.29. The van der Waals surface area contributed by atoms with Crippen molar-refractivity contribution in [1.82, 2.24) is 0 Å². The number of carboxylic acid groups (broad SMARTS) is 1. The summed E-state index contributed by atoms with van der Waals surface area (Å²) in [4.78, 5) is 11.1. The average Bonchev–Trinajstić information content (AvgIpc) is 2.34. The number of hydrogen-bond donors (Lipinski definition) is 2. The first-order valence-corrected chi connectivity index (χ1v) is 5.44. The summed E-state index contributed by atoms with van der Waals surface area (Å²) in [7, 11) is 0. The van der Waals surface area contributed by atoms with Gasteiger partial charge in [0.1, 0.15) is 17.1 Å². The van der Waals surface area contributed by atoms with Gasteiger partial charge in [-0.3, -0.25) is 0 Å². The molecule has 0 bridgehead atoms. The van der Waals surface area contributed by atoms with Crippen LogP contribution in [0.5, 0.6) is 11.5 Å². The van der Waals surface area contributed by atoms with Crippen LogP contribution in [0.4, 0.5) is 5.69 Å². The van der Waals surface area contributed by atoms with Crippen LogP contribution >= 0.6 is 0 Å². The first-order chi connectivity index (χ1) is 8.58. The number of ether oxygens (including phenoxy) is 1. The van der Waals surface area contributed by atoms with Crippen LogP contribution in [0.25, 0.3) is 0 Å². The third-order valence-corrected chi connectivity index (χ3v) is 2.54. The molecule has 0 radical (unpaired) electrons. The van der Waals surface area contributed by atoms with E-state index in [-0.39, 0.29) is 5.56 Å². The van der Waals surface area contributed by atoms with E-state index < -0.39 is 5.97 Å². The van der Waals surface area contributed by atoms with Crippen LogP contribution in [0.1, 0.15) is 15.9 Å². The highest BCUT2D eigenvalue weighted by atomic mass is 16.5. The zero-order valence-electron chi connectivity index (χ0n) is 9.88. The molecule has 2 aromatic rings. The van der Waals surface area contributed by atoms with Gasteiger partial charge < -0.3 is 15.6 Å². The van der Waals surface area contributed by atoms with Crippen molar-refractivity contribution < 1.29 is 14.6 Å². The fraction of sp³-hybridized carbons (Fsp3) is 0.0714. The molecule has 0 aliphatic carbocycles. The predicted octanol–water partition coefficient (Wildman–Crippen LogP) is 3.07. The lowest BCUT2D eigenvalue weighted by Crippen LogP contribution is -2.01. The Labute approximate surface area is 105 Å². The normalized spacial score (nSPS) is 10.1. The van der Waals surface area contributed by atoms with Crippen molar-refractivity contribution in [1.29, 1.82) is 0 Å². The fourth-order valence-corrected chi connectivity index (χ4v) is 1.61. The van der Waals surface area contributed by atoms with Crippen LogP contribution in [0.15, 0.2) is 42.5 Å². The maximum atomic E-state index is 11.1. The van der Waals surface area contributed by atoms with E-state index in [4.69, 9.17) is 15.6 Å². The van der Waals surface area contributed by atoms with Crippen molar-refractivity contribution in [3.63, 3.8) is 0 Å². The van der Waals surface area contributed by atoms with Crippen LogP contribution in [0, 0.1) is 6.92 Å². The Kier molecular flexibility index (Phi) is 3.19. The molecule has 0 amide bonds. The Morgan fingerprint density at radius 2 is 1.83 bits per heavy atom. The Hall–Kier alpha value is -2.49. The number of nitrogens with two attached hydrogens (primary N) is 1. The number of aromatic carboxylic acids is 1. The molecule has 0 spiro atoms. The number of para-hydroxylation sites is 1. The zero-order valence-corrected chi connectivity index (χ0v) is 9.88. The zero-order chi connectivity index (χ0) is 13.1. The van der Waals surface area contributed by atoms with E-state index in [1.807, 2.05) is 0 Å². The van der Waals surface area contributed by atoms with Gasteiger partial charge in [0, 0.05) is 5.69 Å². The Morgan fingerprint density at radius 3 is 2.44 bits per heavy atom. The predicted molar refractivity (Wildman–Crippen MR) is 69.1 cm³/mol. The number of nitrogen functional groups attached to an aromatic ring is 1. The lowest BCUT2D eigenvalue weighted by molar-refractivity contribution is 0.0694. The minimum absolute atomic E-state index is 0.145. The van der Waals surface area contributed by atoms with Crippen molar-refractivity contribution in [3.8, 4) is 11.5 Å². The van der Waals surface area contributed by atoms with Gasteiger partial charge in [-0.2, -0.15) is 0 Å². The van der Waals surface area contributed by atoms with Gasteiger partial charge in [0.2, 0.25) is 0 Å². The van der Waals surface area contributed by atoms with Gasteiger partial charge in [-0.1, -0.05) is 12.1 Å². The van der Waals surface area contributed by atoms with Gasteiger partial charge in [-0.25, -0.2) is 4.79 Å². The van der Waals surface area contributed by atoms with Gasteiger partial charge in [-0.05, 0) is 42.8 Å². The van der Waals surface area contributed by atoms with E-state index in [0.717, 1.165) is 5.56 Å². The molecule has 3 N–H and O–H groups in total. The van der Waals surface area contributed by atoms with Crippen molar-refractivity contribution >= 4 is 11.7 Å². The maximum Gasteiger partial charge on any atom is 0.339 e. The van der Waals surface area contributed by atoms with Gasteiger partial charge in [0.05, 0.1) is 0 Å². The summed E-state index contributed by atoms with van der Waals surface area (Å²) >= 11 is 0. The summed E-state index contributed by atoms with van der Waals surface area (Å²) in [6.45, 7) is 1.80. The van der Waals surface area contributed by atoms with E-state index in [2.05, 4.69) is 0 Å². The smallest absolute Gasteiger partial charge is 0.339 e. The van der Waals surface area contributed by atoms with E-state index in [9.17, 15) is 4.79 Å². The molecule has 0 saturated heterocycles. The largest absolute Gasteiger partial charge is 0.478 e. The third kappa shape index (κ3) is 2.43. The van der Waals surface area contributed by atoms with Crippen LogP contribution in [-0.2, 0) is 0 Å². The molecule has 0 saturated carbocycles. The second-order valence-electron chi connectivity index (χ2n) is 3.93. The number of rotatable bonds is 3. The summed E-state index contributed by atoms with van der Waals surface area (Å²) < 4.78 is 5.62. The van der Waals surface area contributed by atoms with E-state index in [1.54, 1.807) is 43.3 Å². The first-order valence-electron chi connectivity index (χ1n) is 5.44. The molecule has 0 aliphatic rings. The van der Waals surface area contributed by atoms with Gasteiger partial charge in [-0.15, -0.1) is 0 Å². The molecule has 0 unspecified atom stereocenters. The Bertz CT molecular complexity index is 576. The number of anilines is 1. The standard InChI is InChI=1S/C14H13NO3/c1-9-3-2-4-12(14(16)17)13(9)18-11-7-5-10(15)6-8-11/h2-8H,15H2,1H3,(H,16,17). The topological polar surface area (TPSA) is 72.5 Å². The lowest BCUT2D eigenvalue weighted by Gasteiger charge is -2.11. The van der Waals surface area contributed by atoms with E-state index >= 15 is 0 Å². The third-order valence-electron chi connectivity index (χ3n) is 2.54. The summed E-state index contributed by atoms with van der Waals surface area (Å²) in [5, 5.41) is 9.11. The van der Waals surface area contributed by atoms with Gasteiger partial charge in [0.15, 0.2) is 0 Å². The molecule has 4 nitrogen and oxygen atoms in total. The quantitative estimate of drug-likeness (QED) is 0.812. The van der Waals surface area contributed by atoms with Crippen LogP contribution in [0.3, 0.4) is 0 Å².